The first-order valence-electron chi connectivity index (χ1n) is 5.16. The molecule has 1 atom stereocenters. The number of benzene rings is 1. The van der Waals surface area contributed by atoms with E-state index in [4.69, 9.17) is 4.74 Å². The van der Waals surface area contributed by atoms with Crippen LogP contribution >= 0.6 is 0 Å². The van der Waals surface area contributed by atoms with Crippen LogP contribution in [0.25, 0.3) is 0 Å². The first kappa shape index (κ1) is 12.7. The third-order valence-corrected chi connectivity index (χ3v) is 2.45. The maximum absolute atomic E-state index is 12.1. The molecule has 0 spiro atoms. The summed E-state index contributed by atoms with van der Waals surface area (Å²) in [5.41, 5.74) is 0.349. The zero-order chi connectivity index (χ0) is 13.3. The summed E-state index contributed by atoms with van der Waals surface area (Å²) >= 11 is 0. The Morgan fingerprint density at radius 2 is 2.17 bits per heavy atom. The highest BCUT2D eigenvalue weighted by Crippen LogP contribution is 2.34. The lowest BCUT2D eigenvalue weighted by molar-refractivity contribution is -0.154. The molecule has 7 heteroatoms. The number of carbonyl (C=O) groups is 1. The lowest BCUT2D eigenvalue weighted by atomic mass is 10.0. The first-order chi connectivity index (χ1) is 8.35. The Balaban J connectivity index is 2.20. The topological polar surface area (TPSA) is 58.6 Å². The van der Waals surface area contributed by atoms with E-state index < -0.39 is 18.7 Å². The van der Waals surface area contributed by atoms with Crippen LogP contribution in [-0.4, -0.2) is 23.8 Å². The molecule has 0 aliphatic carbocycles. The second-order valence-electron chi connectivity index (χ2n) is 3.93. The molecule has 4 nitrogen and oxygen atoms in total. The molecule has 0 aromatic heterocycles. The smallest absolute Gasteiger partial charge is 0.391 e. The van der Waals surface area contributed by atoms with Gasteiger partial charge in [0.2, 0.25) is 0 Å². The molecule has 2 rings (SSSR count). The normalized spacial score (nSPS) is 16.6. The van der Waals surface area contributed by atoms with Crippen molar-refractivity contribution in [1.29, 1.82) is 0 Å². The second kappa shape index (κ2) is 4.49. The van der Waals surface area contributed by atoms with Crippen molar-refractivity contribution in [2.75, 3.05) is 11.9 Å². The van der Waals surface area contributed by atoms with Gasteiger partial charge in [0.1, 0.15) is 5.75 Å². The number of aliphatic hydroxyl groups excluding tert-OH is 1. The number of aliphatic hydroxyl groups is 1. The Morgan fingerprint density at radius 3 is 2.83 bits per heavy atom. The summed E-state index contributed by atoms with van der Waals surface area (Å²) in [7, 11) is 0. The Hall–Kier alpha value is -1.76. The van der Waals surface area contributed by atoms with Crippen LogP contribution in [0.15, 0.2) is 18.2 Å². The lowest BCUT2D eigenvalue weighted by Crippen LogP contribution is -2.25. The minimum atomic E-state index is -4.45. The SMILES string of the molecule is O=C1COc2ccc(C(O)CC(F)(F)F)cc2N1. The van der Waals surface area contributed by atoms with E-state index in [1.807, 2.05) is 0 Å². The van der Waals surface area contributed by atoms with Gasteiger partial charge in [-0.15, -0.1) is 0 Å². The van der Waals surface area contributed by atoms with Gasteiger partial charge in [0.15, 0.2) is 6.61 Å². The number of amides is 1. The average molecular weight is 261 g/mol. The number of hydrogen-bond donors (Lipinski definition) is 2. The fourth-order valence-corrected chi connectivity index (χ4v) is 1.65. The van der Waals surface area contributed by atoms with E-state index in [-0.39, 0.29) is 23.8 Å². The van der Waals surface area contributed by atoms with Crippen molar-refractivity contribution < 1.29 is 27.8 Å². The van der Waals surface area contributed by atoms with Gasteiger partial charge < -0.3 is 15.2 Å². The summed E-state index contributed by atoms with van der Waals surface area (Å²) in [6.45, 7) is -0.128. The minimum Gasteiger partial charge on any atom is -0.482 e. The van der Waals surface area contributed by atoms with Crippen molar-refractivity contribution in [3.05, 3.63) is 23.8 Å². The van der Waals surface area contributed by atoms with Gasteiger partial charge in [-0.2, -0.15) is 13.2 Å². The van der Waals surface area contributed by atoms with E-state index in [9.17, 15) is 23.1 Å². The van der Waals surface area contributed by atoms with Crippen molar-refractivity contribution >= 4 is 11.6 Å². The zero-order valence-corrected chi connectivity index (χ0v) is 9.12. The number of nitrogens with one attached hydrogen (secondary N) is 1. The van der Waals surface area contributed by atoms with Crippen LogP contribution in [-0.2, 0) is 4.79 Å². The molecule has 2 N–H and O–H groups in total. The van der Waals surface area contributed by atoms with Crippen molar-refractivity contribution in [3.63, 3.8) is 0 Å². The first-order valence-corrected chi connectivity index (χ1v) is 5.16. The molecule has 1 aromatic rings. The van der Waals surface area contributed by atoms with E-state index in [2.05, 4.69) is 5.32 Å². The molecule has 1 aromatic carbocycles. The van der Waals surface area contributed by atoms with Gasteiger partial charge in [0.05, 0.1) is 18.2 Å². The van der Waals surface area contributed by atoms with Gasteiger partial charge >= 0.3 is 6.18 Å². The number of alkyl halides is 3. The van der Waals surface area contributed by atoms with E-state index in [0.29, 0.717) is 5.75 Å². The Bertz CT molecular complexity index is 473. The Morgan fingerprint density at radius 1 is 1.44 bits per heavy atom. The van der Waals surface area contributed by atoms with Crippen LogP contribution in [0.2, 0.25) is 0 Å². The highest BCUT2D eigenvalue weighted by Gasteiger charge is 2.32. The number of ether oxygens (including phenoxy) is 1. The zero-order valence-electron chi connectivity index (χ0n) is 9.12. The summed E-state index contributed by atoms with van der Waals surface area (Å²) in [6, 6.07) is 4.04. The molecule has 1 heterocycles. The van der Waals surface area contributed by atoms with Crippen molar-refractivity contribution in [2.45, 2.75) is 18.7 Å². The van der Waals surface area contributed by atoms with Gasteiger partial charge in [0, 0.05) is 0 Å². The fraction of sp³-hybridized carbons (Fsp3) is 0.364. The molecule has 1 amide bonds. The number of rotatable bonds is 2. The van der Waals surface area contributed by atoms with E-state index in [0.717, 1.165) is 0 Å². The molecule has 1 aliphatic heterocycles. The van der Waals surface area contributed by atoms with Crippen molar-refractivity contribution in [3.8, 4) is 5.75 Å². The third kappa shape index (κ3) is 2.92. The van der Waals surface area contributed by atoms with E-state index >= 15 is 0 Å². The minimum absolute atomic E-state index is 0.0804. The summed E-state index contributed by atoms with van der Waals surface area (Å²) in [5, 5.41) is 11.9. The second-order valence-corrected chi connectivity index (χ2v) is 3.93. The molecule has 0 saturated heterocycles. The van der Waals surface area contributed by atoms with Crippen molar-refractivity contribution in [1.82, 2.24) is 0 Å². The van der Waals surface area contributed by atoms with Crippen LogP contribution in [0.3, 0.4) is 0 Å². The van der Waals surface area contributed by atoms with Crippen molar-refractivity contribution in [2.24, 2.45) is 0 Å². The molecule has 18 heavy (non-hydrogen) atoms. The van der Waals surface area contributed by atoms with Gasteiger partial charge in [-0.05, 0) is 17.7 Å². The fourth-order valence-electron chi connectivity index (χ4n) is 1.65. The molecule has 98 valence electrons. The number of halogens is 3. The quantitative estimate of drug-likeness (QED) is 0.856. The number of fused-ring (bicyclic) bond motifs is 1. The summed E-state index contributed by atoms with van der Waals surface area (Å²) in [6.07, 6.45) is -7.44. The standard InChI is InChI=1S/C11H10F3NO3/c12-11(13,14)4-8(16)6-1-2-9-7(3-6)15-10(17)5-18-9/h1-3,8,16H,4-5H2,(H,15,17). The predicted molar refractivity (Wildman–Crippen MR) is 56.2 cm³/mol. The molecule has 1 unspecified atom stereocenters. The lowest BCUT2D eigenvalue weighted by Gasteiger charge is -2.20. The van der Waals surface area contributed by atoms with Crippen LogP contribution in [0.1, 0.15) is 18.1 Å². The highest BCUT2D eigenvalue weighted by atomic mass is 19.4. The maximum atomic E-state index is 12.1. The number of anilines is 1. The van der Waals surface area contributed by atoms with Crippen LogP contribution in [0.4, 0.5) is 18.9 Å². The number of carbonyl (C=O) groups excluding carboxylic acids is 1. The average Bonchev–Trinajstić information content (AvgIpc) is 2.25. The molecular formula is C11H10F3NO3. The third-order valence-electron chi connectivity index (χ3n) is 2.45. The van der Waals surface area contributed by atoms with Gasteiger partial charge in [-0.25, -0.2) is 0 Å². The highest BCUT2D eigenvalue weighted by molar-refractivity contribution is 5.95. The van der Waals surface area contributed by atoms with Crippen LogP contribution in [0.5, 0.6) is 5.75 Å². The van der Waals surface area contributed by atoms with Gasteiger partial charge in [-0.3, -0.25) is 4.79 Å². The largest absolute Gasteiger partial charge is 0.482 e. The monoisotopic (exact) mass is 261 g/mol. The van der Waals surface area contributed by atoms with Crippen LogP contribution < -0.4 is 10.1 Å². The summed E-state index contributed by atoms with van der Waals surface area (Å²) in [4.78, 5) is 11.1. The summed E-state index contributed by atoms with van der Waals surface area (Å²) in [5.74, 6) is -0.0116. The van der Waals surface area contributed by atoms with Crippen LogP contribution in [0, 0.1) is 0 Å². The molecular weight excluding hydrogens is 251 g/mol. The van der Waals surface area contributed by atoms with Gasteiger partial charge in [0.25, 0.3) is 5.91 Å². The maximum Gasteiger partial charge on any atom is 0.391 e. The molecule has 0 bridgehead atoms. The molecule has 0 fully saturated rings. The molecule has 0 saturated carbocycles. The predicted octanol–water partition coefficient (Wildman–Crippen LogP) is 2.00. The summed E-state index contributed by atoms with van der Waals surface area (Å²) < 4.78 is 41.5. The Labute approximate surface area is 100 Å². The van der Waals surface area contributed by atoms with Gasteiger partial charge in [-0.1, -0.05) is 6.07 Å². The number of hydrogen-bond acceptors (Lipinski definition) is 3. The van der Waals surface area contributed by atoms with E-state index in [1.54, 1.807) is 0 Å². The molecule has 0 radical (unpaired) electrons. The molecule has 1 aliphatic rings. The van der Waals surface area contributed by atoms with E-state index in [1.165, 1.54) is 18.2 Å². The Kier molecular flexibility index (Phi) is 3.16.